The van der Waals surface area contributed by atoms with Crippen LogP contribution in [-0.2, 0) is 0 Å². The fraction of sp³-hybridized carbons (Fsp3) is 0.0833. The van der Waals surface area contributed by atoms with Crippen LogP contribution in [-0.4, -0.2) is 23.8 Å². The molecule has 2 rings (SSSR count). The number of benzene rings is 1. The van der Waals surface area contributed by atoms with Gasteiger partial charge in [0, 0.05) is 24.0 Å². The largest absolute Gasteiger partial charge is 0.457 e. The highest BCUT2D eigenvalue weighted by Crippen LogP contribution is 2.20. The van der Waals surface area contributed by atoms with Gasteiger partial charge in [-0.2, -0.15) is 0 Å². The summed E-state index contributed by atoms with van der Waals surface area (Å²) in [6.45, 7) is 1.86. The van der Waals surface area contributed by atoms with Gasteiger partial charge in [-0.15, -0.1) is 0 Å². The van der Waals surface area contributed by atoms with E-state index in [1.54, 1.807) is 24.4 Å². The molecule has 0 bridgehead atoms. The van der Waals surface area contributed by atoms with Gasteiger partial charge in [0.25, 0.3) is 0 Å². The topological polar surface area (TPSA) is 85.1 Å². The molecule has 1 heterocycles. The number of aromatic nitrogens is 1. The van der Waals surface area contributed by atoms with E-state index in [2.05, 4.69) is 4.98 Å². The number of ether oxygens (including phenoxy) is 1. The van der Waals surface area contributed by atoms with Crippen molar-refractivity contribution < 1.29 is 20.1 Å². The van der Waals surface area contributed by atoms with Gasteiger partial charge in [-0.05, 0) is 19.1 Å². The molecule has 2 radical (unpaired) electrons. The SMILES string of the molecule is O.O.[B]c1ccc(Oc2ccnc(C)c2)cc1F. The van der Waals surface area contributed by atoms with Gasteiger partial charge in [-0.1, -0.05) is 11.5 Å². The summed E-state index contributed by atoms with van der Waals surface area (Å²) in [4.78, 5) is 4.04. The molecule has 0 aliphatic rings. The molecule has 0 saturated carbocycles. The van der Waals surface area contributed by atoms with Crippen molar-refractivity contribution in [3.05, 3.63) is 48.0 Å². The summed E-state index contributed by atoms with van der Waals surface area (Å²) in [6, 6.07) is 7.83. The Morgan fingerprint density at radius 2 is 1.78 bits per heavy atom. The molecule has 18 heavy (non-hydrogen) atoms. The smallest absolute Gasteiger partial charge is 0.130 e. The standard InChI is InChI=1S/C12H9BFNO.2H2O/c1-8-6-10(4-5-15-8)16-9-2-3-11(13)12(14)7-9;;/h2-7H,1H3;2*1H2. The number of halogens is 1. The highest BCUT2D eigenvalue weighted by molar-refractivity contribution is 6.32. The summed E-state index contributed by atoms with van der Waals surface area (Å²) in [5, 5.41) is 0. The molecular weight excluding hydrogens is 236 g/mol. The summed E-state index contributed by atoms with van der Waals surface area (Å²) in [7, 11) is 5.37. The van der Waals surface area contributed by atoms with Crippen molar-refractivity contribution in [2.75, 3.05) is 0 Å². The van der Waals surface area contributed by atoms with E-state index in [4.69, 9.17) is 12.6 Å². The maximum Gasteiger partial charge on any atom is 0.130 e. The van der Waals surface area contributed by atoms with Gasteiger partial charge in [0.15, 0.2) is 0 Å². The summed E-state index contributed by atoms with van der Waals surface area (Å²) >= 11 is 0. The molecule has 0 amide bonds. The van der Waals surface area contributed by atoms with Crippen LogP contribution in [0.5, 0.6) is 11.5 Å². The minimum atomic E-state index is -0.483. The Morgan fingerprint density at radius 1 is 1.11 bits per heavy atom. The first-order valence-electron chi connectivity index (χ1n) is 4.81. The summed E-state index contributed by atoms with van der Waals surface area (Å²) in [5.74, 6) is 0.553. The number of hydrogen-bond donors (Lipinski definition) is 0. The Bertz CT molecular complexity index is 522. The second-order valence-corrected chi connectivity index (χ2v) is 3.42. The Kier molecular flexibility index (Phi) is 6.02. The molecule has 0 unspecified atom stereocenters. The molecule has 0 spiro atoms. The van der Waals surface area contributed by atoms with Crippen LogP contribution in [0, 0.1) is 12.7 Å². The maximum absolute atomic E-state index is 13.1. The number of aryl methyl sites for hydroxylation is 1. The van der Waals surface area contributed by atoms with E-state index in [0.717, 1.165) is 5.69 Å². The van der Waals surface area contributed by atoms with Crippen molar-refractivity contribution in [2.45, 2.75) is 6.92 Å². The minimum Gasteiger partial charge on any atom is -0.457 e. The fourth-order valence-electron chi connectivity index (χ4n) is 1.29. The van der Waals surface area contributed by atoms with Crippen molar-refractivity contribution in [2.24, 2.45) is 0 Å². The van der Waals surface area contributed by atoms with Gasteiger partial charge in [-0.25, -0.2) is 4.39 Å². The molecule has 1 aromatic heterocycles. The first kappa shape index (κ1) is 16.1. The number of nitrogens with zero attached hydrogens (tertiary/aromatic N) is 1. The van der Waals surface area contributed by atoms with Crippen molar-refractivity contribution in [1.29, 1.82) is 0 Å². The number of hydrogen-bond acceptors (Lipinski definition) is 2. The Labute approximate surface area is 105 Å². The number of rotatable bonds is 2. The number of pyridine rings is 1. The van der Waals surface area contributed by atoms with Gasteiger partial charge in [0.1, 0.15) is 25.2 Å². The van der Waals surface area contributed by atoms with Crippen molar-refractivity contribution in [3.8, 4) is 11.5 Å². The van der Waals surface area contributed by atoms with Gasteiger partial charge < -0.3 is 15.7 Å². The Morgan fingerprint density at radius 3 is 2.39 bits per heavy atom. The highest BCUT2D eigenvalue weighted by Gasteiger charge is 2.01. The van der Waals surface area contributed by atoms with E-state index in [9.17, 15) is 4.39 Å². The summed E-state index contributed by atoms with van der Waals surface area (Å²) in [5.41, 5.74) is 0.951. The lowest BCUT2D eigenvalue weighted by atomic mass is 9.96. The minimum absolute atomic E-state index is 0. The summed E-state index contributed by atoms with van der Waals surface area (Å²) < 4.78 is 18.6. The van der Waals surface area contributed by atoms with E-state index in [-0.39, 0.29) is 16.4 Å². The van der Waals surface area contributed by atoms with Gasteiger partial charge >= 0.3 is 0 Å². The first-order chi connectivity index (χ1) is 7.65. The second kappa shape index (κ2) is 6.73. The predicted octanol–water partition coefficient (Wildman–Crippen LogP) is 0.466. The molecule has 2 aromatic rings. The zero-order valence-electron chi connectivity index (χ0n) is 9.77. The van der Waals surface area contributed by atoms with Crippen LogP contribution in [0.1, 0.15) is 5.69 Å². The molecule has 0 saturated heterocycles. The van der Waals surface area contributed by atoms with Crippen LogP contribution in [0.15, 0.2) is 36.5 Å². The Hall–Kier alpha value is -1.92. The molecule has 4 nitrogen and oxygen atoms in total. The lowest BCUT2D eigenvalue weighted by Gasteiger charge is -2.06. The average molecular weight is 249 g/mol. The predicted molar refractivity (Wildman–Crippen MR) is 68.1 cm³/mol. The zero-order valence-corrected chi connectivity index (χ0v) is 9.77. The third kappa shape index (κ3) is 3.83. The third-order valence-corrected chi connectivity index (χ3v) is 2.08. The van der Waals surface area contributed by atoms with Crippen LogP contribution < -0.4 is 10.2 Å². The summed E-state index contributed by atoms with van der Waals surface area (Å²) in [6.07, 6.45) is 1.64. The van der Waals surface area contributed by atoms with Gasteiger partial charge in [0.2, 0.25) is 0 Å². The molecule has 0 aliphatic carbocycles. The van der Waals surface area contributed by atoms with Crippen LogP contribution in [0.2, 0.25) is 0 Å². The Balaban J connectivity index is 0.00000144. The molecule has 6 heteroatoms. The molecular formula is C12H13BFNO3. The third-order valence-electron chi connectivity index (χ3n) is 2.08. The van der Waals surface area contributed by atoms with E-state index in [0.29, 0.717) is 11.5 Å². The lowest BCUT2D eigenvalue weighted by Crippen LogP contribution is -2.07. The van der Waals surface area contributed by atoms with Gasteiger partial charge in [-0.3, -0.25) is 4.98 Å². The zero-order chi connectivity index (χ0) is 11.5. The molecule has 94 valence electrons. The van der Waals surface area contributed by atoms with Crippen molar-refractivity contribution >= 4 is 13.3 Å². The monoisotopic (exact) mass is 249 g/mol. The fourth-order valence-corrected chi connectivity index (χ4v) is 1.29. The first-order valence-corrected chi connectivity index (χ1v) is 4.81. The molecule has 0 fully saturated rings. The molecule has 0 atom stereocenters. The quantitative estimate of drug-likeness (QED) is 0.724. The molecule has 1 aromatic carbocycles. The normalized spacial score (nSPS) is 9.00. The molecule has 0 aliphatic heterocycles. The molecule has 4 N–H and O–H groups in total. The van der Waals surface area contributed by atoms with Crippen molar-refractivity contribution in [3.63, 3.8) is 0 Å². The van der Waals surface area contributed by atoms with E-state index < -0.39 is 5.82 Å². The average Bonchev–Trinajstić information content (AvgIpc) is 2.24. The van der Waals surface area contributed by atoms with E-state index in [1.807, 2.05) is 6.92 Å². The van der Waals surface area contributed by atoms with Crippen LogP contribution in [0.25, 0.3) is 0 Å². The van der Waals surface area contributed by atoms with Crippen LogP contribution >= 0.6 is 0 Å². The highest BCUT2D eigenvalue weighted by atomic mass is 19.1. The second-order valence-electron chi connectivity index (χ2n) is 3.42. The maximum atomic E-state index is 13.1. The van der Waals surface area contributed by atoms with E-state index in [1.165, 1.54) is 12.1 Å². The van der Waals surface area contributed by atoms with Crippen molar-refractivity contribution in [1.82, 2.24) is 4.98 Å². The van der Waals surface area contributed by atoms with Crippen LogP contribution in [0.3, 0.4) is 0 Å². The van der Waals surface area contributed by atoms with Crippen LogP contribution in [0.4, 0.5) is 4.39 Å². The lowest BCUT2D eigenvalue weighted by molar-refractivity contribution is 0.476. The van der Waals surface area contributed by atoms with E-state index >= 15 is 0 Å². The van der Waals surface area contributed by atoms with Gasteiger partial charge in [0.05, 0.1) is 0 Å².